The van der Waals surface area contributed by atoms with Crippen LogP contribution in [-0.4, -0.2) is 76.0 Å². The Hall–Kier alpha value is -3.85. The maximum atomic E-state index is 11.7. The van der Waals surface area contributed by atoms with Gasteiger partial charge in [-0.15, -0.1) is 0 Å². The lowest BCUT2D eigenvalue weighted by atomic mass is 9.87. The van der Waals surface area contributed by atoms with Crippen LogP contribution in [0.25, 0.3) is 5.57 Å². The van der Waals surface area contributed by atoms with E-state index in [9.17, 15) is 9.81 Å². The molecule has 5 aliphatic rings. The van der Waals surface area contributed by atoms with E-state index in [1.165, 1.54) is 12.0 Å². The van der Waals surface area contributed by atoms with Crippen molar-refractivity contribution in [3.8, 4) is 11.9 Å². The fourth-order valence-electron chi connectivity index (χ4n) is 6.35. The molecule has 4 fully saturated rings. The second kappa shape index (κ2) is 13.2. The fourth-order valence-corrected chi connectivity index (χ4v) is 7.74. The summed E-state index contributed by atoms with van der Waals surface area (Å²) in [6, 6.07) is 11.1. The zero-order valence-corrected chi connectivity index (χ0v) is 25.2. The number of hydrogen-bond donors (Lipinski definition) is 2. The number of rotatable bonds is 10. The largest absolute Gasteiger partial charge is 0.616 e. The third-order valence-corrected chi connectivity index (χ3v) is 10.2. The summed E-state index contributed by atoms with van der Waals surface area (Å²) in [4.78, 5) is 14.1. The van der Waals surface area contributed by atoms with E-state index in [2.05, 4.69) is 32.2 Å². The van der Waals surface area contributed by atoms with Crippen molar-refractivity contribution in [2.24, 2.45) is 5.92 Å². The normalized spacial score (nSPS) is 26.2. The number of allylic oxidation sites excluding steroid dienone is 3. The highest BCUT2D eigenvalue weighted by Crippen LogP contribution is 2.36. The monoisotopic (exact) mass is 599 g/mol. The fraction of sp³-hybridized carbons (Fsp3) is 0.438. The van der Waals surface area contributed by atoms with Crippen molar-refractivity contribution in [3.05, 3.63) is 77.1 Å². The van der Waals surface area contributed by atoms with E-state index in [0.29, 0.717) is 41.9 Å². The van der Waals surface area contributed by atoms with E-state index in [-0.39, 0.29) is 5.57 Å². The predicted octanol–water partition coefficient (Wildman–Crippen LogP) is 3.77. The lowest BCUT2D eigenvalue weighted by molar-refractivity contribution is -0.00877. The van der Waals surface area contributed by atoms with Gasteiger partial charge in [0, 0.05) is 73.7 Å². The van der Waals surface area contributed by atoms with E-state index < -0.39 is 11.2 Å². The third-order valence-electron chi connectivity index (χ3n) is 8.85. The second-order valence-corrected chi connectivity index (χ2v) is 13.2. The smallest absolute Gasteiger partial charge is 0.212 e. The molecule has 2 bridgehead atoms. The van der Waals surface area contributed by atoms with E-state index in [1.54, 1.807) is 13.3 Å². The Bertz CT molecular complexity index is 1430. The molecule has 0 saturated carbocycles. The molecule has 2 unspecified atom stereocenters. The maximum absolute atomic E-state index is 11.7. The van der Waals surface area contributed by atoms with Gasteiger partial charge in [-0.25, -0.2) is 9.97 Å². The van der Waals surface area contributed by atoms with Crippen molar-refractivity contribution in [2.75, 3.05) is 43.2 Å². The van der Waals surface area contributed by atoms with Gasteiger partial charge in [0.05, 0.1) is 25.0 Å². The molecule has 2 atom stereocenters. The zero-order valence-electron chi connectivity index (χ0n) is 24.4. The molecule has 7 rings (SSSR count). The molecule has 0 spiro atoms. The van der Waals surface area contributed by atoms with Crippen molar-refractivity contribution in [3.63, 3.8) is 0 Å². The average Bonchev–Trinajstić information content (AvgIpc) is 3.06. The van der Waals surface area contributed by atoms with Gasteiger partial charge in [-0.1, -0.05) is 17.2 Å². The Labute approximate surface area is 255 Å². The van der Waals surface area contributed by atoms with Crippen molar-refractivity contribution < 1.29 is 14.0 Å². The highest BCUT2D eigenvalue weighted by molar-refractivity contribution is 7.91. The summed E-state index contributed by atoms with van der Waals surface area (Å²) >= 11 is -0.659. The number of pyridine rings is 2. The molecule has 43 heavy (non-hydrogen) atoms. The minimum absolute atomic E-state index is 0.240. The Balaban J connectivity index is 1.10. The van der Waals surface area contributed by atoms with Crippen LogP contribution >= 0.6 is 0 Å². The van der Waals surface area contributed by atoms with E-state index in [1.807, 2.05) is 36.7 Å². The molecular weight excluding hydrogens is 562 g/mol. The molecule has 2 aromatic rings. The maximum Gasteiger partial charge on any atom is 0.212 e. The first-order chi connectivity index (χ1) is 21.0. The summed E-state index contributed by atoms with van der Waals surface area (Å²) in [5.41, 5.74) is 3.61. The van der Waals surface area contributed by atoms with Gasteiger partial charge < -0.3 is 29.7 Å². The topological polar surface area (TPSA) is 133 Å². The lowest BCUT2D eigenvalue weighted by Crippen LogP contribution is -2.68. The van der Waals surface area contributed by atoms with Crippen molar-refractivity contribution in [2.45, 2.75) is 44.3 Å². The van der Waals surface area contributed by atoms with Crippen LogP contribution in [0.5, 0.6) is 5.88 Å². The minimum atomic E-state index is -0.659. The number of hydrogen-bond acceptors (Lipinski definition) is 10. The second-order valence-electron chi connectivity index (χ2n) is 11.5. The van der Waals surface area contributed by atoms with E-state index >= 15 is 0 Å². The SMILES string of the molecule is COc1ccc(CN2C3CC2CN(c2ccc(C4=CC(OCCC5CC[S+]([O-])CC5)=CN/C4=C(/C#N)C=N)cn2)C3)cn1. The van der Waals surface area contributed by atoms with Crippen LogP contribution in [0.15, 0.2) is 66.0 Å². The number of nitrogens with one attached hydrogen (secondary N) is 2. The molecule has 0 aliphatic carbocycles. The number of fused-ring (bicyclic) bond motifs is 2. The van der Waals surface area contributed by atoms with Gasteiger partial charge in [0.1, 0.15) is 29.2 Å². The standard InChI is InChI=1S/C32H37N7O3S/c1-41-31-5-2-23(16-36-31)19-39-26-12-27(39)21-38(20-26)30-4-3-24(17-35-30)29-13-28(18-37-32(29)25(14-33)15-34)42-9-6-22-7-10-43(40)11-8-22/h2-5,13-14,16-18,22,26-27,33,37H,6-12,19-21H2,1H3/b32-25+,33-14?. The first kappa shape index (κ1) is 29.2. The van der Waals surface area contributed by atoms with Gasteiger partial charge >= 0.3 is 0 Å². The summed E-state index contributed by atoms with van der Waals surface area (Å²) < 4.78 is 22.9. The number of anilines is 1. The summed E-state index contributed by atoms with van der Waals surface area (Å²) in [6.07, 6.45) is 12.6. The number of piperazine rings is 1. The number of methoxy groups -OCH3 is 1. The Kier molecular flexibility index (Phi) is 8.98. The van der Waals surface area contributed by atoms with Gasteiger partial charge in [-0.3, -0.25) is 4.90 Å². The molecule has 0 radical (unpaired) electrons. The number of ether oxygens (including phenoxy) is 2. The first-order valence-electron chi connectivity index (χ1n) is 14.8. The van der Waals surface area contributed by atoms with Crippen molar-refractivity contribution in [1.82, 2.24) is 20.2 Å². The first-order valence-corrected chi connectivity index (χ1v) is 16.3. The van der Waals surface area contributed by atoms with Crippen LogP contribution < -0.4 is 15.0 Å². The predicted molar refractivity (Wildman–Crippen MR) is 167 cm³/mol. The molecule has 7 heterocycles. The van der Waals surface area contributed by atoms with Crippen LogP contribution in [-0.2, 0) is 22.5 Å². The van der Waals surface area contributed by atoms with Crippen LogP contribution in [0.3, 0.4) is 0 Å². The Morgan fingerprint density at radius 3 is 2.65 bits per heavy atom. The van der Waals surface area contributed by atoms with Crippen LogP contribution in [0.2, 0.25) is 0 Å². The summed E-state index contributed by atoms with van der Waals surface area (Å²) in [5.74, 6) is 4.36. The van der Waals surface area contributed by atoms with Gasteiger partial charge in [-0.2, -0.15) is 5.26 Å². The lowest BCUT2D eigenvalue weighted by Gasteiger charge is -2.56. The number of piperidine rings is 1. The molecule has 2 N–H and O–H groups in total. The van der Waals surface area contributed by atoms with E-state index in [0.717, 1.165) is 73.6 Å². The Morgan fingerprint density at radius 1 is 1.19 bits per heavy atom. The molecular formula is C32H37N7O3S. The highest BCUT2D eigenvalue weighted by Gasteiger charge is 2.44. The minimum Gasteiger partial charge on any atom is -0.616 e. The Morgan fingerprint density at radius 2 is 2.00 bits per heavy atom. The summed E-state index contributed by atoms with van der Waals surface area (Å²) in [7, 11) is 1.63. The third kappa shape index (κ3) is 6.56. The number of dihydropyridines is 1. The van der Waals surface area contributed by atoms with Gasteiger partial charge in [-0.05, 0) is 55.4 Å². The average molecular weight is 600 g/mol. The molecule has 5 aliphatic heterocycles. The molecule has 2 aromatic heterocycles. The molecule has 10 nitrogen and oxygen atoms in total. The molecule has 0 amide bonds. The summed E-state index contributed by atoms with van der Waals surface area (Å²) in [6.45, 7) is 3.30. The van der Waals surface area contributed by atoms with Gasteiger partial charge in [0.25, 0.3) is 0 Å². The zero-order chi connectivity index (χ0) is 29.8. The van der Waals surface area contributed by atoms with Crippen LogP contribution in [0.4, 0.5) is 5.82 Å². The number of nitrogens with zero attached hydrogens (tertiary/aromatic N) is 5. The van der Waals surface area contributed by atoms with Crippen molar-refractivity contribution >= 4 is 28.8 Å². The molecule has 11 heteroatoms. The number of aromatic nitrogens is 2. The molecule has 0 aromatic carbocycles. The van der Waals surface area contributed by atoms with Crippen LogP contribution in [0.1, 0.15) is 36.8 Å². The highest BCUT2D eigenvalue weighted by atomic mass is 32.2. The molecule has 4 saturated heterocycles. The number of nitriles is 1. The quantitative estimate of drug-likeness (QED) is 0.238. The van der Waals surface area contributed by atoms with Crippen LogP contribution in [0, 0.1) is 22.7 Å². The van der Waals surface area contributed by atoms with Crippen molar-refractivity contribution in [1.29, 1.82) is 10.7 Å². The van der Waals surface area contributed by atoms with Gasteiger partial charge in [0.15, 0.2) is 0 Å². The summed E-state index contributed by atoms with van der Waals surface area (Å²) in [5, 5.41) is 20.6. The van der Waals surface area contributed by atoms with Gasteiger partial charge in [0.2, 0.25) is 5.88 Å². The molecule has 224 valence electrons. The van der Waals surface area contributed by atoms with E-state index in [4.69, 9.17) is 19.9 Å².